The molecule has 1 heterocycles. The summed E-state index contributed by atoms with van der Waals surface area (Å²) in [6, 6.07) is 8.98. The first-order valence-electron chi connectivity index (χ1n) is 6.80. The number of rotatable bonds is 4. The maximum absolute atomic E-state index is 12.3. The molecule has 1 aromatic rings. The number of nitrogens with two attached hydrogens (primary N) is 1. The van der Waals surface area contributed by atoms with Crippen LogP contribution in [0.5, 0.6) is 0 Å². The van der Waals surface area contributed by atoms with Crippen LogP contribution in [0.2, 0.25) is 0 Å². The van der Waals surface area contributed by atoms with E-state index in [1.807, 2.05) is 37.3 Å². The molecule has 0 radical (unpaired) electrons. The fourth-order valence-corrected chi connectivity index (χ4v) is 2.66. The Balaban J connectivity index is 1.96. The zero-order chi connectivity index (χ0) is 14.7. The molecule has 1 saturated heterocycles. The summed E-state index contributed by atoms with van der Waals surface area (Å²) in [7, 11) is 0. The summed E-state index contributed by atoms with van der Waals surface area (Å²) in [6.07, 6.45) is 0.474. The fraction of sp³-hybridized carbons (Fsp3) is 0.467. The van der Waals surface area contributed by atoms with Gasteiger partial charge in [-0.25, -0.2) is 0 Å². The Hall–Kier alpha value is -1.88. The van der Waals surface area contributed by atoms with Gasteiger partial charge in [-0.2, -0.15) is 0 Å². The van der Waals surface area contributed by atoms with Gasteiger partial charge in [0.15, 0.2) is 0 Å². The fourth-order valence-electron chi connectivity index (χ4n) is 2.66. The lowest BCUT2D eigenvalue weighted by Gasteiger charge is -2.20. The van der Waals surface area contributed by atoms with Crippen LogP contribution in [0.15, 0.2) is 30.3 Å². The lowest BCUT2D eigenvalue weighted by molar-refractivity contribution is -0.142. The van der Waals surface area contributed by atoms with Gasteiger partial charge in [0.1, 0.15) is 0 Å². The number of likely N-dealkylation sites (tertiary alicyclic amines) is 1. The second-order valence-electron chi connectivity index (χ2n) is 5.46. The highest BCUT2D eigenvalue weighted by Gasteiger charge is 2.38. The Kier molecular flexibility index (Phi) is 4.39. The van der Waals surface area contributed by atoms with Crippen LogP contribution >= 0.6 is 0 Å². The van der Waals surface area contributed by atoms with Crippen molar-refractivity contribution in [1.29, 1.82) is 0 Å². The third-order valence-corrected chi connectivity index (χ3v) is 3.86. The van der Waals surface area contributed by atoms with Crippen LogP contribution in [0.1, 0.15) is 12.5 Å². The molecule has 0 bridgehead atoms. The summed E-state index contributed by atoms with van der Waals surface area (Å²) in [5.41, 5.74) is 6.97. The van der Waals surface area contributed by atoms with Crippen molar-refractivity contribution in [2.75, 3.05) is 13.1 Å². The largest absolute Gasteiger partial charge is 0.481 e. The van der Waals surface area contributed by atoms with E-state index < -0.39 is 17.9 Å². The highest BCUT2D eigenvalue weighted by molar-refractivity contribution is 5.83. The molecule has 5 nitrogen and oxygen atoms in total. The number of carboxylic acid groups (broad SMARTS) is 1. The van der Waals surface area contributed by atoms with Crippen molar-refractivity contribution in [3.05, 3.63) is 35.9 Å². The van der Waals surface area contributed by atoms with Crippen LogP contribution in [0.4, 0.5) is 0 Å². The number of amides is 1. The molecule has 0 spiro atoms. The van der Waals surface area contributed by atoms with Gasteiger partial charge in [0.05, 0.1) is 12.0 Å². The lowest BCUT2D eigenvalue weighted by atomic mass is 9.99. The zero-order valence-corrected chi connectivity index (χ0v) is 11.5. The van der Waals surface area contributed by atoms with Gasteiger partial charge >= 0.3 is 5.97 Å². The molecule has 108 valence electrons. The van der Waals surface area contributed by atoms with E-state index in [9.17, 15) is 9.59 Å². The molecule has 5 heteroatoms. The molecular weight excluding hydrogens is 256 g/mol. The molecule has 1 aliphatic rings. The average molecular weight is 276 g/mol. The average Bonchev–Trinajstić information content (AvgIpc) is 2.81. The van der Waals surface area contributed by atoms with Crippen molar-refractivity contribution in [1.82, 2.24) is 4.90 Å². The van der Waals surface area contributed by atoms with Gasteiger partial charge in [-0.05, 0) is 17.9 Å². The first kappa shape index (κ1) is 14.5. The number of carbonyl (C=O) groups is 2. The van der Waals surface area contributed by atoms with E-state index in [1.54, 1.807) is 4.90 Å². The van der Waals surface area contributed by atoms with E-state index in [-0.39, 0.29) is 18.4 Å². The van der Waals surface area contributed by atoms with E-state index in [1.165, 1.54) is 0 Å². The third kappa shape index (κ3) is 3.17. The molecule has 1 aromatic carbocycles. The zero-order valence-electron chi connectivity index (χ0n) is 11.5. The van der Waals surface area contributed by atoms with E-state index in [0.29, 0.717) is 13.0 Å². The second kappa shape index (κ2) is 6.05. The Morgan fingerprint density at radius 2 is 2.00 bits per heavy atom. The van der Waals surface area contributed by atoms with E-state index in [2.05, 4.69) is 0 Å². The highest BCUT2D eigenvalue weighted by atomic mass is 16.4. The highest BCUT2D eigenvalue weighted by Crippen LogP contribution is 2.23. The number of hydrogen-bond acceptors (Lipinski definition) is 3. The summed E-state index contributed by atoms with van der Waals surface area (Å²) in [4.78, 5) is 24.9. The Morgan fingerprint density at radius 3 is 2.55 bits per heavy atom. The number of aliphatic carboxylic acids is 1. The lowest BCUT2D eigenvalue weighted by Crippen LogP contribution is -2.44. The van der Waals surface area contributed by atoms with E-state index in [0.717, 1.165) is 5.56 Å². The van der Waals surface area contributed by atoms with Crippen LogP contribution in [0.3, 0.4) is 0 Å². The Labute approximate surface area is 118 Å². The van der Waals surface area contributed by atoms with Gasteiger partial charge in [0, 0.05) is 13.1 Å². The molecule has 1 fully saturated rings. The smallest absolute Gasteiger partial charge is 0.308 e. The molecule has 2 rings (SSSR count). The summed E-state index contributed by atoms with van der Waals surface area (Å²) < 4.78 is 0. The van der Waals surface area contributed by atoms with Crippen molar-refractivity contribution >= 4 is 11.9 Å². The van der Waals surface area contributed by atoms with E-state index >= 15 is 0 Å². The predicted octanol–water partition coefficient (Wildman–Crippen LogP) is 0.735. The predicted molar refractivity (Wildman–Crippen MR) is 75.0 cm³/mol. The van der Waals surface area contributed by atoms with Gasteiger partial charge in [0.2, 0.25) is 5.91 Å². The minimum absolute atomic E-state index is 0.0274. The molecule has 0 aromatic heterocycles. The second-order valence-corrected chi connectivity index (χ2v) is 5.46. The van der Waals surface area contributed by atoms with Crippen molar-refractivity contribution in [3.8, 4) is 0 Å². The molecule has 1 unspecified atom stereocenters. The third-order valence-electron chi connectivity index (χ3n) is 3.86. The first-order chi connectivity index (χ1) is 9.49. The van der Waals surface area contributed by atoms with Crippen LogP contribution in [0.25, 0.3) is 0 Å². The summed E-state index contributed by atoms with van der Waals surface area (Å²) in [6.45, 7) is 2.59. The molecule has 1 aliphatic heterocycles. The topological polar surface area (TPSA) is 83.6 Å². The Morgan fingerprint density at radius 1 is 1.35 bits per heavy atom. The van der Waals surface area contributed by atoms with Gasteiger partial charge in [-0.1, -0.05) is 37.3 Å². The van der Waals surface area contributed by atoms with Crippen molar-refractivity contribution < 1.29 is 14.7 Å². The van der Waals surface area contributed by atoms with Gasteiger partial charge in [-0.3, -0.25) is 9.59 Å². The number of hydrogen-bond donors (Lipinski definition) is 2. The minimum atomic E-state index is -0.843. The molecule has 20 heavy (non-hydrogen) atoms. The summed E-state index contributed by atoms with van der Waals surface area (Å²) in [5, 5.41) is 9.09. The number of carbonyl (C=O) groups excluding carboxylic acids is 1. The maximum atomic E-state index is 12.3. The van der Waals surface area contributed by atoms with Crippen LogP contribution < -0.4 is 5.73 Å². The molecule has 3 N–H and O–H groups in total. The molecule has 3 atom stereocenters. The number of benzene rings is 1. The van der Waals surface area contributed by atoms with Crippen LogP contribution in [-0.4, -0.2) is 41.0 Å². The molecule has 0 saturated carbocycles. The van der Waals surface area contributed by atoms with Crippen molar-refractivity contribution in [2.45, 2.75) is 19.4 Å². The number of nitrogens with zero attached hydrogens (tertiary/aromatic N) is 1. The normalized spacial score (nSPS) is 23.6. The maximum Gasteiger partial charge on any atom is 0.308 e. The standard InChI is InChI=1S/C15H20N2O3/c1-10-8-17(9-12(10)15(19)20)14(18)13(16)7-11-5-3-2-4-6-11/h2-6,10,12-13H,7-9,16H2,1H3,(H,19,20)/t10-,12-,13?/m1/s1. The quantitative estimate of drug-likeness (QED) is 0.849. The number of carboxylic acids is 1. The SMILES string of the molecule is C[C@@H]1CN(C(=O)C(N)Cc2ccccc2)C[C@H]1C(=O)O. The van der Waals surface area contributed by atoms with Gasteiger partial charge in [0.25, 0.3) is 0 Å². The molecular formula is C15H20N2O3. The summed E-state index contributed by atoms with van der Waals surface area (Å²) in [5.74, 6) is -1.52. The van der Waals surface area contributed by atoms with Crippen LogP contribution in [-0.2, 0) is 16.0 Å². The summed E-state index contributed by atoms with van der Waals surface area (Å²) >= 11 is 0. The van der Waals surface area contributed by atoms with Gasteiger partial charge < -0.3 is 15.7 Å². The molecule has 0 aliphatic carbocycles. The monoisotopic (exact) mass is 276 g/mol. The van der Waals surface area contributed by atoms with Crippen LogP contribution in [0, 0.1) is 11.8 Å². The van der Waals surface area contributed by atoms with E-state index in [4.69, 9.17) is 10.8 Å². The Bertz CT molecular complexity index is 489. The minimum Gasteiger partial charge on any atom is -0.481 e. The van der Waals surface area contributed by atoms with Crippen molar-refractivity contribution in [2.24, 2.45) is 17.6 Å². The van der Waals surface area contributed by atoms with Gasteiger partial charge in [-0.15, -0.1) is 0 Å². The first-order valence-corrected chi connectivity index (χ1v) is 6.80. The van der Waals surface area contributed by atoms with Crippen molar-refractivity contribution in [3.63, 3.8) is 0 Å². The molecule has 1 amide bonds.